The molecule has 1 aromatic carbocycles. The highest BCUT2D eigenvalue weighted by Gasteiger charge is 2.43. The van der Waals surface area contributed by atoms with E-state index >= 15 is 0 Å². The molecule has 1 unspecified atom stereocenters. The van der Waals surface area contributed by atoms with Gasteiger partial charge in [0, 0.05) is 12.0 Å². The maximum absolute atomic E-state index is 9.62. The average Bonchev–Trinajstić information content (AvgIpc) is 3.13. The largest absolute Gasteiger partial charge is 0.396 e. The number of rotatable bonds is 5. The van der Waals surface area contributed by atoms with E-state index in [2.05, 4.69) is 31.2 Å². The van der Waals surface area contributed by atoms with Crippen LogP contribution in [0.15, 0.2) is 24.3 Å². The minimum Gasteiger partial charge on any atom is -0.396 e. The number of hydrogen-bond acceptors (Lipinski definition) is 2. The second kappa shape index (κ2) is 4.56. The van der Waals surface area contributed by atoms with E-state index in [1.54, 1.807) is 0 Å². The van der Waals surface area contributed by atoms with Crippen molar-refractivity contribution in [1.29, 1.82) is 0 Å². The molecule has 3 N–H and O–H groups in total. The number of aliphatic hydroxyl groups excluding tert-OH is 1. The Bertz CT molecular complexity index is 336. The van der Waals surface area contributed by atoms with E-state index in [0.717, 1.165) is 6.42 Å². The van der Waals surface area contributed by atoms with Crippen molar-refractivity contribution in [1.82, 2.24) is 0 Å². The summed E-state index contributed by atoms with van der Waals surface area (Å²) in [6, 6.07) is 8.55. The highest BCUT2D eigenvalue weighted by atomic mass is 16.3. The van der Waals surface area contributed by atoms with E-state index in [-0.39, 0.29) is 12.0 Å². The summed E-state index contributed by atoms with van der Waals surface area (Å²) in [4.78, 5) is 0. The first-order valence-electron chi connectivity index (χ1n) is 6.07. The van der Waals surface area contributed by atoms with Crippen molar-refractivity contribution < 1.29 is 5.11 Å². The van der Waals surface area contributed by atoms with Crippen LogP contribution >= 0.6 is 0 Å². The zero-order valence-electron chi connectivity index (χ0n) is 9.95. The molecule has 0 spiro atoms. The first kappa shape index (κ1) is 11.6. The van der Waals surface area contributed by atoms with Crippen LogP contribution in [-0.2, 0) is 6.42 Å². The Balaban J connectivity index is 2.13. The quantitative estimate of drug-likeness (QED) is 0.794. The molecule has 16 heavy (non-hydrogen) atoms. The number of aryl methyl sites for hydroxylation is 1. The topological polar surface area (TPSA) is 46.2 Å². The lowest BCUT2D eigenvalue weighted by molar-refractivity contribution is 0.109. The molecule has 1 aliphatic rings. The van der Waals surface area contributed by atoms with Crippen molar-refractivity contribution in [2.75, 3.05) is 13.2 Å². The average molecular weight is 219 g/mol. The summed E-state index contributed by atoms with van der Waals surface area (Å²) in [6.07, 6.45) is 3.36. The molecule has 0 amide bonds. The molecular weight excluding hydrogens is 198 g/mol. The molecular formula is C14H21NO. The maximum atomic E-state index is 9.62. The second-order valence-corrected chi connectivity index (χ2v) is 5.16. The van der Waals surface area contributed by atoms with E-state index in [4.69, 9.17) is 5.73 Å². The molecule has 88 valence electrons. The highest BCUT2D eigenvalue weighted by Crippen LogP contribution is 2.46. The number of aliphatic hydroxyl groups is 1. The van der Waals surface area contributed by atoms with Crippen molar-refractivity contribution >= 4 is 0 Å². The zero-order valence-corrected chi connectivity index (χ0v) is 9.95. The van der Waals surface area contributed by atoms with Crippen molar-refractivity contribution in [2.24, 2.45) is 17.1 Å². The predicted octanol–water partition coefficient (Wildman–Crippen LogP) is 1.88. The molecule has 1 fully saturated rings. The standard InChI is InChI=1S/C14H21NO/c1-11-2-4-12(5-3-11)8-14(9-15,10-16)13-6-7-13/h2-5,13,16H,6-10,15H2,1H3. The molecule has 2 nitrogen and oxygen atoms in total. The molecule has 0 radical (unpaired) electrons. The second-order valence-electron chi connectivity index (χ2n) is 5.16. The Morgan fingerprint density at radius 1 is 1.31 bits per heavy atom. The summed E-state index contributed by atoms with van der Waals surface area (Å²) in [6.45, 7) is 2.89. The van der Waals surface area contributed by atoms with Crippen LogP contribution in [0.3, 0.4) is 0 Å². The molecule has 2 rings (SSSR count). The van der Waals surface area contributed by atoms with E-state index in [1.165, 1.54) is 24.0 Å². The van der Waals surface area contributed by atoms with Crippen LogP contribution in [0.4, 0.5) is 0 Å². The van der Waals surface area contributed by atoms with Gasteiger partial charge in [0.15, 0.2) is 0 Å². The minimum atomic E-state index is -0.0741. The van der Waals surface area contributed by atoms with Gasteiger partial charge in [0.25, 0.3) is 0 Å². The van der Waals surface area contributed by atoms with E-state index in [9.17, 15) is 5.11 Å². The molecule has 0 aromatic heterocycles. The van der Waals surface area contributed by atoms with Gasteiger partial charge in [-0.05, 0) is 37.7 Å². The van der Waals surface area contributed by atoms with Crippen LogP contribution in [0.25, 0.3) is 0 Å². The summed E-state index contributed by atoms with van der Waals surface area (Å²) in [5, 5.41) is 9.62. The van der Waals surface area contributed by atoms with E-state index in [0.29, 0.717) is 12.5 Å². The third kappa shape index (κ3) is 2.28. The lowest BCUT2D eigenvalue weighted by atomic mass is 9.78. The molecule has 0 aliphatic heterocycles. The summed E-state index contributed by atoms with van der Waals surface area (Å²) < 4.78 is 0. The number of benzene rings is 1. The SMILES string of the molecule is Cc1ccc(CC(CN)(CO)C2CC2)cc1. The normalized spacial score (nSPS) is 19.4. The fourth-order valence-electron chi connectivity index (χ4n) is 2.44. The molecule has 0 saturated heterocycles. The Morgan fingerprint density at radius 2 is 1.94 bits per heavy atom. The molecule has 0 bridgehead atoms. The third-order valence-electron chi connectivity index (χ3n) is 3.84. The van der Waals surface area contributed by atoms with Crippen molar-refractivity contribution in [3.05, 3.63) is 35.4 Å². The minimum absolute atomic E-state index is 0.0741. The van der Waals surface area contributed by atoms with Gasteiger partial charge >= 0.3 is 0 Å². The lowest BCUT2D eigenvalue weighted by Gasteiger charge is -2.30. The van der Waals surface area contributed by atoms with Crippen LogP contribution in [0.1, 0.15) is 24.0 Å². The zero-order chi connectivity index (χ0) is 11.6. The molecule has 1 aromatic rings. The smallest absolute Gasteiger partial charge is 0.0505 e. The van der Waals surface area contributed by atoms with Crippen LogP contribution in [-0.4, -0.2) is 18.3 Å². The Labute approximate surface area is 97.5 Å². The van der Waals surface area contributed by atoms with Crippen LogP contribution in [0, 0.1) is 18.3 Å². The first-order chi connectivity index (χ1) is 7.70. The van der Waals surface area contributed by atoms with Gasteiger partial charge in [0.05, 0.1) is 6.61 Å². The summed E-state index contributed by atoms with van der Waals surface area (Å²) in [7, 11) is 0. The Hall–Kier alpha value is -0.860. The van der Waals surface area contributed by atoms with Crippen LogP contribution < -0.4 is 5.73 Å². The van der Waals surface area contributed by atoms with E-state index < -0.39 is 0 Å². The van der Waals surface area contributed by atoms with Gasteiger partial charge in [-0.3, -0.25) is 0 Å². The van der Waals surface area contributed by atoms with Gasteiger partial charge in [-0.15, -0.1) is 0 Å². The van der Waals surface area contributed by atoms with Crippen molar-refractivity contribution in [3.63, 3.8) is 0 Å². The first-order valence-corrected chi connectivity index (χ1v) is 6.07. The molecule has 1 saturated carbocycles. The van der Waals surface area contributed by atoms with Gasteiger partial charge < -0.3 is 10.8 Å². The number of hydrogen-bond donors (Lipinski definition) is 2. The number of nitrogens with two attached hydrogens (primary N) is 1. The van der Waals surface area contributed by atoms with Gasteiger partial charge in [0.1, 0.15) is 0 Å². The summed E-state index contributed by atoms with van der Waals surface area (Å²) in [5.74, 6) is 0.629. The van der Waals surface area contributed by atoms with Gasteiger partial charge in [-0.1, -0.05) is 29.8 Å². The van der Waals surface area contributed by atoms with Gasteiger partial charge in [-0.25, -0.2) is 0 Å². The maximum Gasteiger partial charge on any atom is 0.0505 e. The molecule has 1 aliphatic carbocycles. The van der Waals surface area contributed by atoms with Crippen LogP contribution in [0.2, 0.25) is 0 Å². The molecule has 0 heterocycles. The predicted molar refractivity (Wildman–Crippen MR) is 66.2 cm³/mol. The fraction of sp³-hybridized carbons (Fsp3) is 0.571. The molecule has 2 heteroatoms. The van der Waals surface area contributed by atoms with Gasteiger partial charge in [-0.2, -0.15) is 0 Å². The summed E-state index contributed by atoms with van der Waals surface area (Å²) in [5.41, 5.74) is 8.37. The lowest BCUT2D eigenvalue weighted by Crippen LogP contribution is -2.38. The highest BCUT2D eigenvalue weighted by molar-refractivity contribution is 5.23. The molecule has 1 atom stereocenters. The van der Waals surface area contributed by atoms with E-state index in [1.807, 2.05) is 0 Å². The monoisotopic (exact) mass is 219 g/mol. The summed E-state index contributed by atoms with van der Waals surface area (Å²) >= 11 is 0. The Kier molecular flexibility index (Phi) is 3.31. The van der Waals surface area contributed by atoms with Gasteiger partial charge in [0.2, 0.25) is 0 Å². The fourth-order valence-corrected chi connectivity index (χ4v) is 2.44. The van der Waals surface area contributed by atoms with Crippen molar-refractivity contribution in [3.8, 4) is 0 Å². The third-order valence-corrected chi connectivity index (χ3v) is 3.84. The Morgan fingerprint density at radius 3 is 2.38 bits per heavy atom. The van der Waals surface area contributed by atoms with Crippen LogP contribution in [0.5, 0.6) is 0 Å². The van der Waals surface area contributed by atoms with Crippen molar-refractivity contribution in [2.45, 2.75) is 26.2 Å².